The van der Waals surface area contributed by atoms with E-state index in [9.17, 15) is 19.5 Å². The van der Waals surface area contributed by atoms with Gasteiger partial charge in [0.1, 0.15) is 5.75 Å². The maximum atomic E-state index is 12.0. The summed E-state index contributed by atoms with van der Waals surface area (Å²) >= 11 is 11.8. The van der Waals surface area contributed by atoms with Gasteiger partial charge in [-0.3, -0.25) is 20.4 Å². The number of nitrogens with one attached hydrogen (secondary N) is 2. The van der Waals surface area contributed by atoms with Crippen molar-refractivity contribution in [2.75, 3.05) is 0 Å². The predicted molar refractivity (Wildman–Crippen MR) is 81.7 cm³/mol. The van der Waals surface area contributed by atoms with Crippen LogP contribution in [0.1, 0.15) is 26.2 Å². The monoisotopic (exact) mass is 361 g/mol. The molecule has 0 unspecified atom stereocenters. The Morgan fingerprint density at radius 1 is 1.22 bits per heavy atom. The molecule has 2 N–H and O–H groups in total. The van der Waals surface area contributed by atoms with Crippen LogP contribution >= 0.6 is 23.2 Å². The summed E-state index contributed by atoms with van der Waals surface area (Å²) in [4.78, 5) is 33.5. The predicted octanol–water partition coefficient (Wildman–Crippen LogP) is 0.828. The summed E-state index contributed by atoms with van der Waals surface area (Å²) < 4.78 is 5.48. The number of hydrogen-bond donors (Lipinski definition) is 2. The number of halogens is 2. The second-order valence-electron chi connectivity index (χ2n) is 4.50. The first kappa shape index (κ1) is 19.1. The lowest BCUT2D eigenvalue weighted by molar-refractivity contribution is -0.305. The number of carboxylic acids is 1. The zero-order valence-electron chi connectivity index (χ0n) is 12.2. The van der Waals surface area contributed by atoms with Gasteiger partial charge in [0, 0.05) is 23.5 Å². The van der Waals surface area contributed by atoms with Gasteiger partial charge >= 0.3 is 0 Å². The number of amides is 2. The molecule has 0 heterocycles. The molecule has 0 aliphatic heterocycles. The van der Waals surface area contributed by atoms with Crippen LogP contribution < -0.4 is 20.7 Å². The lowest BCUT2D eigenvalue weighted by Crippen LogP contribution is -2.48. The first-order valence-corrected chi connectivity index (χ1v) is 7.49. The number of carbonyl (C=O) groups is 3. The molecule has 1 rings (SSSR count). The molecule has 0 radical (unpaired) electrons. The SMILES string of the molecule is CC[C@@H](Oc1cc(Cl)ccc1Cl)C(=O)NNC(=O)CCC(=O)[O-]. The molecule has 1 aromatic rings. The summed E-state index contributed by atoms with van der Waals surface area (Å²) in [5, 5.41) is 10.9. The molecule has 126 valence electrons. The van der Waals surface area contributed by atoms with E-state index in [-0.39, 0.29) is 12.2 Å². The van der Waals surface area contributed by atoms with Crippen LogP contribution in [-0.2, 0) is 14.4 Å². The molecule has 2 amide bonds. The Hall–Kier alpha value is -1.99. The highest BCUT2D eigenvalue weighted by Crippen LogP contribution is 2.28. The average Bonchev–Trinajstić information content (AvgIpc) is 2.51. The first-order chi connectivity index (χ1) is 10.8. The lowest BCUT2D eigenvalue weighted by atomic mass is 10.2. The normalized spacial score (nSPS) is 11.4. The average molecular weight is 362 g/mol. The van der Waals surface area contributed by atoms with Gasteiger partial charge in [0.25, 0.3) is 5.91 Å². The number of hydrazine groups is 1. The van der Waals surface area contributed by atoms with Crippen molar-refractivity contribution in [2.45, 2.75) is 32.3 Å². The molecule has 0 aliphatic carbocycles. The van der Waals surface area contributed by atoms with E-state index in [2.05, 4.69) is 10.9 Å². The number of rotatable bonds is 7. The number of carbonyl (C=O) groups excluding carboxylic acids is 3. The zero-order chi connectivity index (χ0) is 17.4. The van der Waals surface area contributed by atoms with Gasteiger partial charge in [0.2, 0.25) is 5.91 Å². The third-order valence-corrected chi connectivity index (χ3v) is 3.25. The molecule has 0 fully saturated rings. The van der Waals surface area contributed by atoms with E-state index in [1.807, 2.05) is 0 Å². The number of benzene rings is 1. The van der Waals surface area contributed by atoms with Crippen molar-refractivity contribution in [3.8, 4) is 5.75 Å². The van der Waals surface area contributed by atoms with Crippen LogP contribution in [0.25, 0.3) is 0 Å². The van der Waals surface area contributed by atoms with Crippen molar-refractivity contribution in [3.05, 3.63) is 28.2 Å². The summed E-state index contributed by atoms with van der Waals surface area (Å²) in [5.41, 5.74) is 4.25. The Kier molecular flexibility index (Phi) is 7.64. The number of aliphatic carboxylic acids is 1. The molecular weight excluding hydrogens is 347 g/mol. The first-order valence-electron chi connectivity index (χ1n) is 6.73. The summed E-state index contributed by atoms with van der Waals surface area (Å²) in [6.07, 6.45) is -1.34. The Morgan fingerprint density at radius 3 is 2.52 bits per heavy atom. The van der Waals surface area contributed by atoms with Crippen LogP contribution in [0.5, 0.6) is 5.75 Å². The zero-order valence-corrected chi connectivity index (χ0v) is 13.7. The number of hydrogen-bond acceptors (Lipinski definition) is 5. The van der Waals surface area contributed by atoms with Crippen LogP contribution in [0.3, 0.4) is 0 Å². The second kappa shape index (κ2) is 9.22. The van der Waals surface area contributed by atoms with Crippen molar-refractivity contribution < 1.29 is 24.2 Å². The fourth-order valence-electron chi connectivity index (χ4n) is 1.53. The maximum absolute atomic E-state index is 12.0. The van der Waals surface area contributed by atoms with Crippen molar-refractivity contribution in [2.24, 2.45) is 0 Å². The van der Waals surface area contributed by atoms with Gasteiger partial charge in [-0.1, -0.05) is 30.1 Å². The third-order valence-electron chi connectivity index (χ3n) is 2.71. The molecule has 0 aromatic heterocycles. The van der Waals surface area contributed by atoms with Gasteiger partial charge in [-0.05, 0) is 25.0 Å². The van der Waals surface area contributed by atoms with Crippen molar-refractivity contribution in [3.63, 3.8) is 0 Å². The van der Waals surface area contributed by atoms with Crippen LogP contribution in [0.15, 0.2) is 18.2 Å². The number of ether oxygens (including phenoxy) is 1. The molecule has 1 atom stereocenters. The Bertz CT molecular complexity index is 595. The van der Waals surface area contributed by atoms with Gasteiger partial charge < -0.3 is 14.6 Å². The van der Waals surface area contributed by atoms with E-state index < -0.39 is 30.3 Å². The van der Waals surface area contributed by atoms with E-state index in [1.165, 1.54) is 12.1 Å². The van der Waals surface area contributed by atoms with E-state index >= 15 is 0 Å². The summed E-state index contributed by atoms with van der Waals surface area (Å²) in [6.45, 7) is 1.71. The lowest BCUT2D eigenvalue weighted by Gasteiger charge is -2.18. The molecule has 0 spiro atoms. The van der Waals surface area contributed by atoms with Crippen LogP contribution in [0, 0.1) is 0 Å². The van der Waals surface area contributed by atoms with Crippen molar-refractivity contribution >= 4 is 41.0 Å². The van der Waals surface area contributed by atoms with Gasteiger partial charge in [-0.25, -0.2) is 0 Å². The Balaban J connectivity index is 2.56. The fourth-order valence-corrected chi connectivity index (χ4v) is 1.86. The van der Waals surface area contributed by atoms with E-state index in [0.29, 0.717) is 16.5 Å². The highest BCUT2D eigenvalue weighted by molar-refractivity contribution is 6.34. The molecule has 0 saturated carbocycles. The van der Waals surface area contributed by atoms with E-state index in [4.69, 9.17) is 27.9 Å². The number of carboxylic acid groups (broad SMARTS) is 1. The molecule has 0 bridgehead atoms. The summed E-state index contributed by atoms with van der Waals surface area (Å²) in [7, 11) is 0. The quantitative estimate of drug-likeness (QED) is 0.699. The smallest absolute Gasteiger partial charge is 0.279 e. The fraction of sp³-hybridized carbons (Fsp3) is 0.357. The Morgan fingerprint density at radius 2 is 1.91 bits per heavy atom. The van der Waals surface area contributed by atoms with Gasteiger partial charge in [0.05, 0.1) is 5.02 Å². The minimum absolute atomic E-state index is 0.240. The van der Waals surface area contributed by atoms with Crippen LogP contribution in [0.2, 0.25) is 10.0 Å². The molecular formula is C14H15Cl2N2O5-. The molecule has 0 saturated heterocycles. The second-order valence-corrected chi connectivity index (χ2v) is 5.34. The van der Waals surface area contributed by atoms with Gasteiger partial charge in [-0.2, -0.15) is 0 Å². The minimum atomic E-state index is -1.35. The highest BCUT2D eigenvalue weighted by Gasteiger charge is 2.20. The van der Waals surface area contributed by atoms with Gasteiger partial charge in [-0.15, -0.1) is 0 Å². The van der Waals surface area contributed by atoms with E-state index in [0.717, 1.165) is 0 Å². The Labute approximate surface area is 142 Å². The van der Waals surface area contributed by atoms with Gasteiger partial charge in [0.15, 0.2) is 6.10 Å². The summed E-state index contributed by atoms with van der Waals surface area (Å²) in [6, 6.07) is 4.58. The molecule has 7 nitrogen and oxygen atoms in total. The highest BCUT2D eigenvalue weighted by atomic mass is 35.5. The van der Waals surface area contributed by atoms with E-state index in [1.54, 1.807) is 13.0 Å². The molecule has 9 heteroatoms. The third kappa shape index (κ3) is 6.75. The van der Waals surface area contributed by atoms with Crippen LogP contribution in [0.4, 0.5) is 0 Å². The molecule has 23 heavy (non-hydrogen) atoms. The standard InChI is InChI=1S/C14H16Cl2N2O5/c1-2-10(23-11-7-8(15)3-4-9(11)16)14(22)18-17-12(19)5-6-13(20)21/h3-4,7,10H,2,5-6H2,1H3,(H,17,19)(H,18,22)(H,20,21)/p-1/t10-/m1/s1. The largest absolute Gasteiger partial charge is 0.550 e. The minimum Gasteiger partial charge on any atom is -0.550 e. The van der Waals surface area contributed by atoms with Crippen molar-refractivity contribution in [1.29, 1.82) is 0 Å². The summed E-state index contributed by atoms with van der Waals surface area (Å²) in [5.74, 6) is -2.37. The molecule has 1 aromatic carbocycles. The van der Waals surface area contributed by atoms with Crippen LogP contribution in [-0.4, -0.2) is 23.9 Å². The topological polar surface area (TPSA) is 108 Å². The molecule has 0 aliphatic rings. The maximum Gasteiger partial charge on any atom is 0.279 e. The van der Waals surface area contributed by atoms with Crippen molar-refractivity contribution in [1.82, 2.24) is 10.9 Å².